The highest BCUT2D eigenvalue weighted by Gasteiger charge is 2.43. The standard InChI is InChI=1S/C49H51BrN6O8S/c1-31(2)45(49(60)56-30-37(58)25-41(56)48(59)52-29-33-5-3-32(28-51)4-6-33)42-27-44(53-64-42)62-24-22-55-19-17-54(18-20-55)21-23-61-38-12-14-39(15-13-38)63-46-40-16-11-36(57)26-43(40)65-47(46)34-7-9-35(50)10-8-34/h3-16,26-27,31,37,41,45,57-58H,17-25,29-30H2,1-2H3,(H,52,59)/t37-,41+,45+/m1/s1. The Morgan fingerprint density at radius 2 is 1.60 bits per heavy atom. The van der Waals surface area contributed by atoms with Gasteiger partial charge in [-0.05, 0) is 88.9 Å². The monoisotopic (exact) mass is 962 g/mol. The second kappa shape index (κ2) is 20.9. The SMILES string of the molecule is CC(C)[C@H](C(=O)N1C[C@H](O)C[C@H]1C(=O)NCc1ccc(C#N)cc1)c1cc(OCCN2CCN(CCOc3ccc(Oc4c(-c5ccc(Br)cc5)sc5cc(O)ccc45)cc3)CC2)no1. The number of halogens is 1. The van der Waals surface area contributed by atoms with E-state index in [4.69, 9.17) is 24.0 Å². The van der Waals surface area contributed by atoms with Crippen molar-refractivity contribution in [1.29, 1.82) is 5.26 Å². The molecule has 2 saturated heterocycles. The number of β-amino-alcohol motifs (C(OH)–C–C–N with tert-alkyl or cyclic N) is 1. The molecule has 3 atom stereocenters. The number of benzene rings is 4. The summed E-state index contributed by atoms with van der Waals surface area (Å²) in [5, 5.41) is 37.6. The van der Waals surface area contributed by atoms with Crippen LogP contribution in [0.1, 0.15) is 43.1 Å². The molecule has 0 spiro atoms. The molecule has 4 aromatic carbocycles. The zero-order chi connectivity index (χ0) is 45.5. The molecule has 2 aliphatic rings. The molecule has 0 unspecified atom stereocenters. The van der Waals surface area contributed by atoms with Crippen molar-refractivity contribution >= 4 is 49.2 Å². The van der Waals surface area contributed by atoms with Gasteiger partial charge in [-0.15, -0.1) is 11.3 Å². The van der Waals surface area contributed by atoms with Gasteiger partial charge in [0.2, 0.25) is 11.8 Å². The van der Waals surface area contributed by atoms with Gasteiger partial charge in [0.05, 0.1) is 22.6 Å². The number of thiophene rings is 1. The Morgan fingerprint density at radius 3 is 2.28 bits per heavy atom. The summed E-state index contributed by atoms with van der Waals surface area (Å²) in [6, 6.07) is 30.9. The second-order valence-corrected chi connectivity index (χ2v) is 18.6. The molecule has 8 rings (SSSR count). The first-order chi connectivity index (χ1) is 31.5. The molecule has 3 N–H and O–H groups in total. The van der Waals surface area contributed by atoms with Crippen LogP contribution >= 0.6 is 27.3 Å². The number of aliphatic hydroxyl groups is 1. The summed E-state index contributed by atoms with van der Waals surface area (Å²) in [4.78, 5) is 34.4. The van der Waals surface area contributed by atoms with E-state index >= 15 is 0 Å². The van der Waals surface area contributed by atoms with Crippen LogP contribution in [0.4, 0.5) is 0 Å². The molecule has 0 saturated carbocycles. The summed E-state index contributed by atoms with van der Waals surface area (Å²) < 4.78 is 26.2. The van der Waals surface area contributed by atoms with Gasteiger partial charge in [-0.25, -0.2) is 0 Å². The summed E-state index contributed by atoms with van der Waals surface area (Å²) in [5.74, 6) is 1.48. The van der Waals surface area contributed by atoms with E-state index in [0.29, 0.717) is 42.7 Å². The number of carbonyl (C=O) groups is 2. The van der Waals surface area contributed by atoms with Crippen LogP contribution in [0.3, 0.4) is 0 Å². The number of hydrogen-bond donors (Lipinski definition) is 3. The fraction of sp³-hybridized carbons (Fsp3) is 0.347. The number of phenolic OH excluding ortho intramolecular Hbond substituents is 1. The molecular weight excluding hydrogens is 913 g/mol. The number of nitriles is 1. The molecular formula is C49H51BrN6O8S. The van der Waals surface area contributed by atoms with Crippen LogP contribution in [-0.4, -0.2) is 113 Å². The number of nitrogens with one attached hydrogen (secondary N) is 1. The Morgan fingerprint density at radius 1 is 0.923 bits per heavy atom. The first kappa shape index (κ1) is 45.6. The van der Waals surface area contributed by atoms with E-state index in [1.54, 1.807) is 53.8 Å². The highest BCUT2D eigenvalue weighted by Crippen LogP contribution is 2.47. The number of phenols is 1. The Labute approximate surface area is 390 Å². The normalized spacial score (nSPS) is 17.3. The highest BCUT2D eigenvalue weighted by molar-refractivity contribution is 9.10. The number of aliphatic hydroxyl groups excluding tert-OH is 1. The third-order valence-corrected chi connectivity index (χ3v) is 13.4. The number of rotatable bonds is 17. The maximum absolute atomic E-state index is 14.0. The van der Waals surface area contributed by atoms with Crippen LogP contribution in [0.5, 0.6) is 28.9 Å². The predicted octanol–water partition coefficient (Wildman–Crippen LogP) is 7.78. The fourth-order valence-corrected chi connectivity index (χ4v) is 9.63. The van der Waals surface area contributed by atoms with Gasteiger partial charge in [0.15, 0.2) is 11.5 Å². The van der Waals surface area contributed by atoms with E-state index in [1.165, 1.54) is 4.90 Å². The van der Waals surface area contributed by atoms with Gasteiger partial charge in [0.1, 0.15) is 42.4 Å². The van der Waals surface area contributed by atoms with Crippen LogP contribution in [-0.2, 0) is 16.1 Å². The number of nitrogens with zero attached hydrogens (tertiary/aromatic N) is 5. The first-order valence-electron chi connectivity index (χ1n) is 21.7. The number of piperazine rings is 1. The quantitative estimate of drug-likeness (QED) is 0.0812. The minimum atomic E-state index is -0.835. The second-order valence-electron chi connectivity index (χ2n) is 16.6. The third-order valence-electron chi connectivity index (χ3n) is 11.7. The van der Waals surface area contributed by atoms with E-state index in [2.05, 4.69) is 42.3 Å². The summed E-state index contributed by atoms with van der Waals surface area (Å²) >= 11 is 5.10. The van der Waals surface area contributed by atoms with Crippen molar-refractivity contribution in [3.63, 3.8) is 0 Å². The fourth-order valence-electron chi connectivity index (χ4n) is 8.20. The first-order valence-corrected chi connectivity index (χ1v) is 23.3. The van der Waals surface area contributed by atoms with Crippen LogP contribution in [0.25, 0.3) is 20.5 Å². The van der Waals surface area contributed by atoms with E-state index in [0.717, 1.165) is 74.8 Å². The molecule has 2 aliphatic heterocycles. The molecule has 0 aliphatic carbocycles. The minimum Gasteiger partial charge on any atom is -0.508 e. The molecule has 2 amide bonds. The van der Waals surface area contributed by atoms with E-state index in [-0.39, 0.29) is 43.0 Å². The van der Waals surface area contributed by atoms with Gasteiger partial charge in [0, 0.05) is 79.4 Å². The van der Waals surface area contributed by atoms with Crippen molar-refractivity contribution in [3.05, 3.63) is 118 Å². The van der Waals surface area contributed by atoms with Crippen LogP contribution < -0.4 is 19.5 Å². The number of carbonyl (C=O) groups excluding carboxylic acids is 2. The van der Waals surface area contributed by atoms with E-state index in [9.17, 15) is 19.8 Å². The number of aromatic nitrogens is 1. The molecule has 16 heteroatoms. The van der Waals surface area contributed by atoms with Crippen molar-refractivity contribution in [3.8, 4) is 45.4 Å². The lowest BCUT2D eigenvalue weighted by molar-refractivity contribution is -0.141. The Balaban J connectivity index is 0.762. The number of ether oxygens (including phenoxy) is 3. The van der Waals surface area contributed by atoms with Gasteiger partial charge in [-0.3, -0.25) is 19.4 Å². The maximum Gasteiger partial charge on any atom is 0.254 e. The van der Waals surface area contributed by atoms with Gasteiger partial charge < -0.3 is 39.2 Å². The van der Waals surface area contributed by atoms with Gasteiger partial charge in [-0.1, -0.05) is 54.0 Å². The van der Waals surface area contributed by atoms with Crippen molar-refractivity contribution in [2.75, 3.05) is 59.0 Å². The molecule has 338 valence electrons. The van der Waals surface area contributed by atoms with Gasteiger partial charge in [-0.2, -0.15) is 5.26 Å². The molecule has 14 nitrogen and oxygen atoms in total. The van der Waals surface area contributed by atoms with Crippen molar-refractivity contribution < 1.29 is 38.5 Å². The molecule has 2 aromatic heterocycles. The van der Waals surface area contributed by atoms with Crippen molar-refractivity contribution in [2.45, 2.75) is 44.9 Å². The minimum absolute atomic E-state index is 0.0392. The average molecular weight is 964 g/mol. The zero-order valence-corrected chi connectivity index (χ0v) is 38.6. The van der Waals surface area contributed by atoms with Crippen molar-refractivity contribution in [2.24, 2.45) is 5.92 Å². The number of amides is 2. The number of hydrogen-bond acceptors (Lipinski definition) is 13. The topological polar surface area (TPSA) is 174 Å². The largest absolute Gasteiger partial charge is 0.508 e. The summed E-state index contributed by atoms with van der Waals surface area (Å²) in [6.07, 6.45) is -0.699. The molecule has 0 radical (unpaired) electrons. The maximum atomic E-state index is 14.0. The van der Waals surface area contributed by atoms with E-state index in [1.807, 2.05) is 68.4 Å². The van der Waals surface area contributed by atoms with Gasteiger partial charge in [0.25, 0.3) is 5.88 Å². The Bertz CT molecular complexity index is 2600. The van der Waals surface area contributed by atoms with Crippen LogP contribution in [0, 0.1) is 17.2 Å². The predicted molar refractivity (Wildman–Crippen MR) is 250 cm³/mol. The zero-order valence-electron chi connectivity index (χ0n) is 36.2. The smallest absolute Gasteiger partial charge is 0.254 e. The summed E-state index contributed by atoms with van der Waals surface area (Å²) in [7, 11) is 0. The average Bonchev–Trinajstić information content (AvgIpc) is 4.04. The molecule has 65 heavy (non-hydrogen) atoms. The molecule has 4 heterocycles. The lowest BCUT2D eigenvalue weighted by atomic mass is 9.91. The molecule has 2 fully saturated rings. The Hall–Kier alpha value is -5.96. The number of fused-ring (bicyclic) bond motifs is 1. The lowest BCUT2D eigenvalue weighted by Crippen LogP contribution is -2.48. The number of likely N-dealkylation sites (tertiary alicyclic amines) is 1. The summed E-state index contributed by atoms with van der Waals surface area (Å²) in [5.41, 5.74) is 2.38. The molecule has 6 aromatic rings. The van der Waals surface area contributed by atoms with Crippen LogP contribution in [0.2, 0.25) is 0 Å². The highest BCUT2D eigenvalue weighted by atomic mass is 79.9. The lowest BCUT2D eigenvalue weighted by Gasteiger charge is -2.34. The van der Waals surface area contributed by atoms with Crippen molar-refractivity contribution in [1.82, 2.24) is 25.2 Å². The number of aromatic hydroxyl groups is 1. The van der Waals surface area contributed by atoms with Crippen LogP contribution in [0.15, 0.2) is 106 Å². The summed E-state index contributed by atoms with van der Waals surface area (Å²) in [6.45, 7) is 10.1. The van der Waals surface area contributed by atoms with E-state index < -0.39 is 18.1 Å². The molecule has 0 bridgehead atoms. The third kappa shape index (κ3) is 11.3. The Kier molecular flexibility index (Phi) is 14.7. The van der Waals surface area contributed by atoms with Gasteiger partial charge >= 0.3 is 0 Å².